The van der Waals surface area contributed by atoms with Gasteiger partial charge in [-0.15, -0.1) is 0 Å². The quantitative estimate of drug-likeness (QED) is 0.698. The van der Waals surface area contributed by atoms with Gasteiger partial charge in [0.2, 0.25) is 0 Å². The van der Waals surface area contributed by atoms with Crippen LogP contribution in [0.1, 0.15) is 40.0 Å². The molecule has 1 fully saturated rings. The number of nitrogens with one attached hydrogen (secondary N) is 1. The highest BCUT2D eigenvalue weighted by Gasteiger charge is 2.26. The molecule has 0 aliphatic heterocycles. The van der Waals surface area contributed by atoms with Gasteiger partial charge >= 0.3 is 0 Å². The molecular weight excluding hydrogens is 160 g/mol. The molecule has 2 nitrogen and oxygen atoms in total. The molecule has 0 aromatic heterocycles. The van der Waals surface area contributed by atoms with Crippen LogP contribution >= 0.6 is 0 Å². The second kappa shape index (κ2) is 4.97. The molecule has 2 heteroatoms. The highest BCUT2D eigenvalue weighted by atomic mass is 14.9. The molecule has 1 aliphatic rings. The molecular formula is C11H24N2. The Kier molecular flexibility index (Phi) is 4.20. The Balaban J connectivity index is 2.19. The van der Waals surface area contributed by atoms with Crippen LogP contribution < -0.4 is 11.1 Å². The van der Waals surface area contributed by atoms with Crippen LogP contribution in [0.4, 0.5) is 0 Å². The van der Waals surface area contributed by atoms with Crippen molar-refractivity contribution in [2.45, 2.75) is 52.1 Å². The van der Waals surface area contributed by atoms with E-state index in [9.17, 15) is 0 Å². The van der Waals surface area contributed by atoms with E-state index in [-0.39, 0.29) is 0 Å². The fourth-order valence-electron chi connectivity index (χ4n) is 2.18. The minimum atomic E-state index is 0.368. The molecule has 1 aliphatic carbocycles. The number of rotatable bonds is 4. The normalized spacial score (nSPS) is 31.2. The summed E-state index contributed by atoms with van der Waals surface area (Å²) in [4.78, 5) is 0. The van der Waals surface area contributed by atoms with Crippen molar-refractivity contribution in [1.29, 1.82) is 0 Å². The summed E-state index contributed by atoms with van der Waals surface area (Å²) in [6, 6.07) is 0.928. The predicted octanol–water partition coefficient (Wildman–Crippen LogP) is 1.75. The number of nitrogens with two attached hydrogens (primary N) is 1. The molecule has 0 saturated heterocycles. The lowest BCUT2D eigenvalue weighted by Crippen LogP contribution is -2.41. The number of hydrogen-bond acceptors (Lipinski definition) is 2. The zero-order valence-electron chi connectivity index (χ0n) is 9.22. The van der Waals surface area contributed by atoms with Crippen LogP contribution in [0.3, 0.4) is 0 Å². The largest absolute Gasteiger partial charge is 0.326 e. The Morgan fingerprint density at radius 3 is 2.54 bits per heavy atom. The van der Waals surface area contributed by atoms with Gasteiger partial charge in [0.15, 0.2) is 0 Å². The lowest BCUT2D eigenvalue weighted by Gasteiger charge is -2.20. The summed E-state index contributed by atoms with van der Waals surface area (Å²) >= 11 is 0. The highest BCUT2D eigenvalue weighted by molar-refractivity contribution is 4.82. The maximum Gasteiger partial charge on any atom is 0.0194 e. The standard InChI is InChI=1S/C11H24N2/c1-8(2)13-7-11(12)10-5-4-9(3)6-10/h8-11,13H,4-7,12H2,1-3H3. The lowest BCUT2D eigenvalue weighted by molar-refractivity contribution is 0.387. The van der Waals surface area contributed by atoms with E-state index in [1.165, 1.54) is 19.3 Å². The molecule has 3 N–H and O–H groups in total. The molecule has 1 rings (SSSR count). The molecule has 0 amide bonds. The molecule has 78 valence electrons. The first-order valence-corrected chi connectivity index (χ1v) is 5.58. The van der Waals surface area contributed by atoms with Gasteiger partial charge in [-0.25, -0.2) is 0 Å². The average Bonchev–Trinajstić information content (AvgIpc) is 2.47. The van der Waals surface area contributed by atoms with Crippen LogP contribution in [0.25, 0.3) is 0 Å². The fourth-order valence-corrected chi connectivity index (χ4v) is 2.18. The zero-order valence-corrected chi connectivity index (χ0v) is 9.22. The molecule has 13 heavy (non-hydrogen) atoms. The van der Waals surface area contributed by atoms with Gasteiger partial charge in [-0.2, -0.15) is 0 Å². The van der Waals surface area contributed by atoms with Gasteiger partial charge in [0.05, 0.1) is 0 Å². The Morgan fingerprint density at radius 2 is 2.08 bits per heavy atom. The van der Waals surface area contributed by atoms with Gasteiger partial charge < -0.3 is 11.1 Å². The summed E-state index contributed by atoms with van der Waals surface area (Å²) in [5, 5.41) is 3.41. The van der Waals surface area contributed by atoms with Crippen molar-refractivity contribution in [2.24, 2.45) is 17.6 Å². The van der Waals surface area contributed by atoms with Crippen molar-refractivity contribution in [3.05, 3.63) is 0 Å². The van der Waals surface area contributed by atoms with Crippen molar-refractivity contribution >= 4 is 0 Å². The average molecular weight is 184 g/mol. The third-order valence-corrected chi connectivity index (χ3v) is 3.10. The summed E-state index contributed by atoms with van der Waals surface area (Å²) < 4.78 is 0. The van der Waals surface area contributed by atoms with Crippen molar-refractivity contribution in [2.75, 3.05) is 6.54 Å². The summed E-state index contributed by atoms with van der Waals surface area (Å²) in [6.45, 7) is 7.66. The van der Waals surface area contributed by atoms with Crippen LogP contribution in [-0.2, 0) is 0 Å². The van der Waals surface area contributed by atoms with Crippen LogP contribution in [0.2, 0.25) is 0 Å². The maximum absolute atomic E-state index is 6.13. The van der Waals surface area contributed by atoms with E-state index in [1.54, 1.807) is 0 Å². The van der Waals surface area contributed by atoms with Gasteiger partial charge in [0.1, 0.15) is 0 Å². The van der Waals surface area contributed by atoms with Gasteiger partial charge in [0, 0.05) is 18.6 Å². The van der Waals surface area contributed by atoms with Crippen molar-refractivity contribution in [1.82, 2.24) is 5.32 Å². The second-order valence-corrected chi connectivity index (χ2v) is 4.91. The SMILES string of the molecule is CC1CCC(C(N)CNC(C)C)C1. The molecule has 3 unspecified atom stereocenters. The van der Waals surface area contributed by atoms with Gasteiger partial charge in [-0.05, 0) is 24.7 Å². The third-order valence-electron chi connectivity index (χ3n) is 3.10. The fraction of sp³-hybridized carbons (Fsp3) is 1.00. The minimum absolute atomic E-state index is 0.368. The molecule has 1 saturated carbocycles. The van der Waals surface area contributed by atoms with E-state index in [2.05, 4.69) is 26.1 Å². The molecule has 0 radical (unpaired) electrons. The summed E-state index contributed by atoms with van der Waals surface area (Å²) in [5.74, 6) is 1.66. The molecule has 0 aromatic carbocycles. The van der Waals surface area contributed by atoms with E-state index in [0.29, 0.717) is 12.1 Å². The van der Waals surface area contributed by atoms with Gasteiger partial charge in [0.25, 0.3) is 0 Å². The molecule has 0 spiro atoms. The highest BCUT2D eigenvalue weighted by Crippen LogP contribution is 2.31. The topological polar surface area (TPSA) is 38.0 Å². The minimum Gasteiger partial charge on any atom is -0.326 e. The monoisotopic (exact) mass is 184 g/mol. The molecule has 0 heterocycles. The van der Waals surface area contributed by atoms with E-state index >= 15 is 0 Å². The maximum atomic E-state index is 6.13. The Hall–Kier alpha value is -0.0800. The molecule has 0 bridgehead atoms. The zero-order chi connectivity index (χ0) is 9.84. The van der Waals surface area contributed by atoms with Crippen molar-refractivity contribution < 1.29 is 0 Å². The van der Waals surface area contributed by atoms with Crippen LogP contribution in [0.15, 0.2) is 0 Å². The predicted molar refractivity (Wildman–Crippen MR) is 57.6 cm³/mol. The Morgan fingerprint density at radius 1 is 1.38 bits per heavy atom. The second-order valence-electron chi connectivity index (χ2n) is 4.91. The van der Waals surface area contributed by atoms with Gasteiger partial charge in [-0.1, -0.05) is 27.2 Å². The summed E-state index contributed by atoms with van der Waals surface area (Å²) in [5.41, 5.74) is 6.13. The van der Waals surface area contributed by atoms with E-state index < -0.39 is 0 Å². The Labute approximate surface area is 82.3 Å². The van der Waals surface area contributed by atoms with E-state index in [0.717, 1.165) is 18.4 Å². The van der Waals surface area contributed by atoms with E-state index in [1.807, 2.05) is 0 Å². The first kappa shape index (κ1) is 11.0. The third kappa shape index (κ3) is 3.65. The van der Waals surface area contributed by atoms with Crippen LogP contribution in [-0.4, -0.2) is 18.6 Å². The first-order chi connectivity index (χ1) is 6.09. The van der Waals surface area contributed by atoms with Crippen molar-refractivity contribution in [3.8, 4) is 0 Å². The number of hydrogen-bond donors (Lipinski definition) is 2. The van der Waals surface area contributed by atoms with Crippen LogP contribution in [0.5, 0.6) is 0 Å². The van der Waals surface area contributed by atoms with Gasteiger partial charge in [-0.3, -0.25) is 0 Å². The first-order valence-electron chi connectivity index (χ1n) is 5.58. The van der Waals surface area contributed by atoms with Crippen molar-refractivity contribution in [3.63, 3.8) is 0 Å². The molecule has 3 atom stereocenters. The summed E-state index contributed by atoms with van der Waals surface area (Å²) in [6.07, 6.45) is 4.04. The molecule has 0 aromatic rings. The van der Waals surface area contributed by atoms with E-state index in [4.69, 9.17) is 5.73 Å². The summed E-state index contributed by atoms with van der Waals surface area (Å²) in [7, 11) is 0. The lowest BCUT2D eigenvalue weighted by atomic mass is 9.97. The smallest absolute Gasteiger partial charge is 0.0194 e. The van der Waals surface area contributed by atoms with Crippen LogP contribution in [0, 0.1) is 11.8 Å². The Bertz CT molecular complexity index is 145.